The van der Waals surface area contributed by atoms with Crippen molar-refractivity contribution in [3.63, 3.8) is 0 Å². The van der Waals surface area contributed by atoms with Gasteiger partial charge in [-0.3, -0.25) is 4.79 Å². The fraction of sp³-hybridized carbons (Fsp3) is 0.333. The number of hydrogen-bond donors (Lipinski definition) is 1. The van der Waals surface area contributed by atoms with Crippen molar-refractivity contribution in [2.24, 2.45) is 5.92 Å². The number of benzene rings is 1. The van der Waals surface area contributed by atoms with E-state index >= 15 is 0 Å². The first-order valence-corrected chi connectivity index (χ1v) is 8.89. The third kappa shape index (κ3) is 3.82. The van der Waals surface area contributed by atoms with Gasteiger partial charge in [-0.2, -0.15) is 0 Å². The van der Waals surface area contributed by atoms with Crippen LogP contribution in [0.3, 0.4) is 0 Å². The summed E-state index contributed by atoms with van der Waals surface area (Å²) in [6, 6.07) is 11.2. The zero-order valence-electron chi connectivity index (χ0n) is 13.9. The van der Waals surface area contributed by atoms with Gasteiger partial charge in [0.15, 0.2) is 11.3 Å². The number of fused-ring (bicyclic) bond motifs is 1. The van der Waals surface area contributed by atoms with Crippen molar-refractivity contribution in [2.45, 2.75) is 37.8 Å². The predicted molar refractivity (Wildman–Crippen MR) is 94.0 cm³/mol. The minimum Gasteiger partial charge on any atom is -0.455 e. The van der Waals surface area contributed by atoms with Crippen LogP contribution in [-0.4, -0.2) is 16.9 Å². The van der Waals surface area contributed by atoms with Gasteiger partial charge in [-0.05, 0) is 37.1 Å². The number of para-hydroxylation sites is 2. The van der Waals surface area contributed by atoms with E-state index in [1.807, 2.05) is 37.3 Å². The molecule has 0 saturated carbocycles. The number of aromatic nitrogens is 1. The summed E-state index contributed by atoms with van der Waals surface area (Å²) in [6.45, 7) is 6.11. The van der Waals surface area contributed by atoms with Crippen LogP contribution in [0.15, 0.2) is 50.5 Å². The monoisotopic (exact) mass is 344 g/mol. The van der Waals surface area contributed by atoms with Gasteiger partial charge in [0.1, 0.15) is 11.3 Å². The normalized spacial score (nSPS) is 12.7. The molecule has 3 aromatic rings. The molecule has 1 amide bonds. The van der Waals surface area contributed by atoms with Crippen LogP contribution in [0.5, 0.6) is 0 Å². The van der Waals surface area contributed by atoms with Crippen LogP contribution < -0.4 is 5.32 Å². The topological polar surface area (TPSA) is 68.3 Å². The standard InChI is InChI=1S/C18H20N2O3S/c1-11(2)12(3)19-17(21)16-9-8-13(22-16)10-24-18-20-14-6-4-5-7-15(14)23-18/h4-9,11-12H,10H2,1-3H3,(H,19,21). The second-order valence-electron chi connectivity index (χ2n) is 6.01. The zero-order chi connectivity index (χ0) is 17.1. The van der Waals surface area contributed by atoms with Gasteiger partial charge in [0.25, 0.3) is 11.1 Å². The summed E-state index contributed by atoms with van der Waals surface area (Å²) < 4.78 is 11.3. The maximum Gasteiger partial charge on any atom is 0.287 e. The Bertz CT molecular complexity index is 805. The van der Waals surface area contributed by atoms with E-state index in [4.69, 9.17) is 8.83 Å². The van der Waals surface area contributed by atoms with Crippen molar-refractivity contribution >= 4 is 28.8 Å². The lowest BCUT2D eigenvalue weighted by Gasteiger charge is -2.16. The zero-order valence-corrected chi connectivity index (χ0v) is 14.7. The molecule has 1 atom stereocenters. The van der Waals surface area contributed by atoms with Gasteiger partial charge >= 0.3 is 0 Å². The maximum atomic E-state index is 12.1. The minimum atomic E-state index is -0.186. The third-order valence-corrected chi connectivity index (χ3v) is 4.71. The summed E-state index contributed by atoms with van der Waals surface area (Å²) in [5.74, 6) is 1.78. The number of carbonyl (C=O) groups is 1. The first-order chi connectivity index (χ1) is 11.5. The Kier molecular flexibility index (Phi) is 4.94. The second-order valence-corrected chi connectivity index (χ2v) is 6.93. The summed E-state index contributed by atoms with van der Waals surface area (Å²) in [6.07, 6.45) is 0. The smallest absolute Gasteiger partial charge is 0.287 e. The fourth-order valence-corrected chi connectivity index (χ4v) is 2.80. The van der Waals surface area contributed by atoms with E-state index in [0.29, 0.717) is 28.4 Å². The Morgan fingerprint density at radius 3 is 2.71 bits per heavy atom. The maximum absolute atomic E-state index is 12.1. The minimum absolute atomic E-state index is 0.0974. The first-order valence-electron chi connectivity index (χ1n) is 7.91. The molecule has 0 bridgehead atoms. The number of carbonyl (C=O) groups excluding carboxylic acids is 1. The highest BCUT2D eigenvalue weighted by molar-refractivity contribution is 7.98. The average Bonchev–Trinajstić information content (AvgIpc) is 3.19. The molecule has 0 spiro atoms. The van der Waals surface area contributed by atoms with Crippen molar-refractivity contribution in [2.75, 3.05) is 0 Å². The highest BCUT2D eigenvalue weighted by Gasteiger charge is 2.16. The molecular weight excluding hydrogens is 324 g/mol. The molecule has 0 aliphatic heterocycles. The highest BCUT2D eigenvalue weighted by atomic mass is 32.2. The number of rotatable bonds is 6. The molecule has 6 heteroatoms. The van der Waals surface area contributed by atoms with Gasteiger partial charge in [0.2, 0.25) is 0 Å². The van der Waals surface area contributed by atoms with E-state index in [1.54, 1.807) is 6.07 Å². The molecule has 1 N–H and O–H groups in total. The molecule has 24 heavy (non-hydrogen) atoms. The van der Waals surface area contributed by atoms with Crippen LogP contribution in [0.25, 0.3) is 11.1 Å². The number of nitrogens with zero attached hydrogens (tertiary/aromatic N) is 1. The van der Waals surface area contributed by atoms with Crippen molar-refractivity contribution in [1.29, 1.82) is 0 Å². The average molecular weight is 344 g/mol. The molecule has 0 aliphatic rings. The van der Waals surface area contributed by atoms with Crippen LogP contribution in [0.1, 0.15) is 37.1 Å². The fourth-order valence-electron chi connectivity index (χ4n) is 2.07. The van der Waals surface area contributed by atoms with Crippen LogP contribution in [0, 0.1) is 5.92 Å². The van der Waals surface area contributed by atoms with E-state index in [1.165, 1.54) is 11.8 Å². The molecule has 5 nitrogen and oxygen atoms in total. The Labute approximate surface area is 144 Å². The number of amides is 1. The summed E-state index contributed by atoms with van der Waals surface area (Å²) in [4.78, 5) is 16.5. The quantitative estimate of drug-likeness (QED) is 0.667. The Morgan fingerprint density at radius 2 is 1.96 bits per heavy atom. The molecule has 0 aliphatic carbocycles. The molecule has 2 heterocycles. The van der Waals surface area contributed by atoms with Crippen molar-refractivity contribution < 1.29 is 13.6 Å². The van der Waals surface area contributed by atoms with Gasteiger partial charge in [-0.15, -0.1) is 0 Å². The van der Waals surface area contributed by atoms with E-state index in [2.05, 4.69) is 24.1 Å². The Morgan fingerprint density at radius 1 is 1.17 bits per heavy atom. The predicted octanol–water partition coefficient (Wildman–Crippen LogP) is 4.49. The van der Waals surface area contributed by atoms with Crippen LogP contribution in [0.4, 0.5) is 0 Å². The largest absolute Gasteiger partial charge is 0.455 e. The van der Waals surface area contributed by atoms with E-state index in [-0.39, 0.29) is 11.9 Å². The van der Waals surface area contributed by atoms with Gasteiger partial charge in [-0.25, -0.2) is 4.98 Å². The SMILES string of the molecule is CC(C)C(C)NC(=O)c1ccc(CSc2nc3ccccc3o2)o1. The molecule has 1 unspecified atom stereocenters. The van der Waals surface area contributed by atoms with E-state index < -0.39 is 0 Å². The Hall–Kier alpha value is -2.21. The molecule has 126 valence electrons. The number of furan rings is 1. The van der Waals surface area contributed by atoms with Crippen molar-refractivity contribution in [3.05, 3.63) is 47.9 Å². The first kappa shape index (κ1) is 16.6. The van der Waals surface area contributed by atoms with Crippen LogP contribution in [0.2, 0.25) is 0 Å². The van der Waals surface area contributed by atoms with E-state index in [0.717, 1.165) is 11.1 Å². The molecule has 3 rings (SSSR count). The van der Waals surface area contributed by atoms with Crippen LogP contribution >= 0.6 is 11.8 Å². The number of nitrogens with one attached hydrogen (secondary N) is 1. The highest BCUT2D eigenvalue weighted by Crippen LogP contribution is 2.26. The third-order valence-electron chi connectivity index (χ3n) is 3.86. The molecule has 2 aromatic heterocycles. The van der Waals surface area contributed by atoms with Gasteiger partial charge in [0, 0.05) is 6.04 Å². The second kappa shape index (κ2) is 7.13. The number of thioether (sulfide) groups is 1. The van der Waals surface area contributed by atoms with Gasteiger partial charge in [0.05, 0.1) is 5.75 Å². The summed E-state index contributed by atoms with van der Waals surface area (Å²) in [5.41, 5.74) is 1.60. The van der Waals surface area contributed by atoms with E-state index in [9.17, 15) is 4.79 Å². The Balaban J connectivity index is 1.60. The van der Waals surface area contributed by atoms with Crippen molar-refractivity contribution in [1.82, 2.24) is 10.3 Å². The summed E-state index contributed by atoms with van der Waals surface area (Å²) >= 11 is 1.44. The number of oxazole rings is 1. The van der Waals surface area contributed by atoms with Crippen LogP contribution in [-0.2, 0) is 5.75 Å². The molecule has 1 aromatic carbocycles. The molecule has 0 saturated heterocycles. The van der Waals surface area contributed by atoms with Gasteiger partial charge in [-0.1, -0.05) is 37.7 Å². The van der Waals surface area contributed by atoms with Crippen molar-refractivity contribution in [3.8, 4) is 0 Å². The summed E-state index contributed by atoms with van der Waals surface area (Å²) in [7, 11) is 0. The lowest BCUT2D eigenvalue weighted by molar-refractivity contribution is 0.0901. The lowest BCUT2D eigenvalue weighted by Crippen LogP contribution is -2.35. The van der Waals surface area contributed by atoms with Gasteiger partial charge < -0.3 is 14.2 Å². The lowest BCUT2D eigenvalue weighted by atomic mass is 10.1. The molecular formula is C18H20N2O3S. The molecule has 0 radical (unpaired) electrons. The molecule has 0 fully saturated rings. The number of hydrogen-bond acceptors (Lipinski definition) is 5. The summed E-state index contributed by atoms with van der Waals surface area (Å²) in [5, 5.41) is 3.52.